The quantitative estimate of drug-likeness (QED) is 0.729. The zero-order chi connectivity index (χ0) is 12.1. The second-order valence-electron chi connectivity index (χ2n) is 4.52. The number of carbonyl (C=O) groups is 1. The van der Waals surface area contributed by atoms with Crippen molar-refractivity contribution < 1.29 is 4.79 Å². The first kappa shape index (κ1) is 12.5. The molecule has 1 heterocycles. The molecule has 1 atom stereocenters. The minimum Gasteiger partial charge on any atom is -0.353 e. The fraction of sp³-hybridized carbons (Fsp3) is 0.667. The summed E-state index contributed by atoms with van der Waals surface area (Å²) in [4.78, 5) is 16.7. The molecule has 0 radical (unpaired) electrons. The molecule has 4 nitrogen and oxygen atoms in total. The Balaban J connectivity index is 1.54. The molecule has 1 aromatic heterocycles. The van der Waals surface area contributed by atoms with Crippen LogP contribution in [0.15, 0.2) is 11.7 Å². The van der Waals surface area contributed by atoms with E-state index < -0.39 is 0 Å². The van der Waals surface area contributed by atoms with Crippen molar-refractivity contribution in [3.8, 4) is 0 Å². The Labute approximate surface area is 106 Å². The first-order valence-electron chi connectivity index (χ1n) is 6.17. The van der Waals surface area contributed by atoms with E-state index >= 15 is 0 Å². The molecule has 17 heavy (non-hydrogen) atoms. The van der Waals surface area contributed by atoms with Gasteiger partial charge < -0.3 is 10.6 Å². The van der Waals surface area contributed by atoms with E-state index in [-0.39, 0.29) is 5.91 Å². The van der Waals surface area contributed by atoms with E-state index in [1.165, 1.54) is 4.88 Å². The summed E-state index contributed by atoms with van der Waals surface area (Å²) in [7, 11) is 0. The van der Waals surface area contributed by atoms with Gasteiger partial charge in [0.1, 0.15) is 0 Å². The van der Waals surface area contributed by atoms with Gasteiger partial charge >= 0.3 is 0 Å². The Morgan fingerprint density at radius 1 is 1.65 bits per heavy atom. The third-order valence-corrected chi connectivity index (χ3v) is 3.81. The van der Waals surface area contributed by atoms with E-state index in [1.807, 2.05) is 11.7 Å². The molecule has 2 N–H and O–H groups in total. The molecule has 1 aromatic rings. The summed E-state index contributed by atoms with van der Waals surface area (Å²) >= 11 is 1.66. The topological polar surface area (TPSA) is 54.0 Å². The van der Waals surface area contributed by atoms with Crippen molar-refractivity contribution in [1.29, 1.82) is 0 Å². The smallest absolute Gasteiger partial charge is 0.220 e. The summed E-state index contributed by atoms with van der Waals surface area (Å²) in [5.74, 6) is 0.194. The van der Waals surface area contributed by atoms with Crippen LogP contribution in [0.5, 0.6) is 0 Å². The Kier molecular flexibility index (Phi) is 4.50. The molecule has 0 saturated heterocycles. The maximum atomic E-state index is 11.4. The first-order chi connectivity index (χ1) is 8.25. The number of hydrogen-bond donors (Lipinski definition) is 2. The number of nitrogens with one attached hydrogen (secondary N) is 2. The lowest BCUT2D eigenvalue weighted by atomic mass is 10.2. The van der Waals surface area contributed by atoms with Crippen molar-refractivity contribution in [3.05, 3.63) is 16.6 Å². The first-order valence-corrected chi connectivity index (χ1v) is 7.05. The van der Waals surface area contributed by atoms with Gasteiger partial charge in [0, 0.05) is 29.6 Å². The van der Waals surface area contributed by atoms with Gasteiger partial charge in [0.2, 0.25) is 5.91 Å². The van der Waals surface area contributed by atoms with E-state index in [0.717, 1.165) is 25.8 Å². The molecule has 0 aromatic carbocycles. The van der Waals surface area contributed by atoms with Crippen molar-refractivity contribution in [2.75, 3.05) is 6.54 Å². The second kappa shape index (κ2) is 6.12. The summed E-state index contributed by atoms with van der Waals surface area (Å²) < 4.78 is 0. The average molecular weight is 253 g/mol. The molecule has 5 heteroatoms. The average Bonchev–Trinajstić information content (AvgIpc) is 2.96. The highest BCUT2D eigenvalue weighted by atomic mass is 32.1. The summed E-state index contributed by atoms with van der Waals surface area (Å²) in [6, 6.07) is 0.806. The van der Waals surface area contributed by atoms with Gasteiger partial charge in [-0.15, -0.1) is 11.3 Å². The van der Waals surface area contributed by atoms with Gasteiger partial charge in [-0.1, -0.05) is 0 Å². The van der Waals surface area contributed by atoms with Crippen LogP contribution in [0.1, 0.15) is 43.5 Å². The van der Waals surface area contributed by atoms with Gasteiger partial charge in [0.15, 0.2) is 0 Å². The van der Waals surface area contributed by atoms with Crippen LogP contribution in [-0.4, -0.2) is 23.5 Å². The lowest BCUT2D eigenvalue weighted by Crippen LogP contribution is -2.26. The van der Waals surface area contributed by atoms with E-state index in [4.69, 9.17) is 0 Å². The van der Waals surface area contributed by atoms with Crippen LogP contribution >= 0.6 is 11.3 Å². The monoisotopic (exact) mass is 253 g/mol. The maximum absolute atomic E-state index is 11.4. The molecule has 0 bridgehead atoms. The molecule has 1 aliphatic rings. The summed E-state index contributed by atoms with van der Waals surface area (Å²) in [6.45, 7) is 2.99. The Hall–Kier alpha value is -0.940. The van der Waals surface area contributed by atoms with Crippen molar-refractivity contribution in [2.45, 2.75) is 44.7 Å². The number of amides is 1. The van der Waals surface area contributed by atoms with Crippen LogP contribution in [0.3, 0.4) is 0 Å². The number of rotatable bonds is 7. The van der Waals surface area contributed by atoms with E-state index in [2.05, 4.69) is 22.5 Å². The van der Waals surface area contributed by atoms with Crippen LogP contribution in [0.2, 0.25) is 0 Å². The van der Waals surface area contributed by atoms with Crippen molar-refractivity contribution in [2.24, 2.45) is 0 Å². The summed E-state index contributed by atoms with van der Waals surface area (Å²) in [5, 5.41) is 6.39. The van der Waals surface area contributed by atoms with Gasteiger partial charge in [-0.25, -0.2) is 0 Å². The molecule has 94 valence electrons. The highest BCUT2D eigenvalue weighted by Gasteiger charge is 2.22. The maximum Gasteiger partial charge on any atom is 0.220 e. The van der Waals surface area contributed by atoms with E-state index in [1.54, 1.807) is 11.3 Å². The van der Waals surface area contributed by atoms with Crippen LogP contribution in [0.25, 0.3) is 0 Å². The number of aromatic nitrogens is 1. The van der Waals surface area contributed by atoms with Gasteiger partial charge in [0.25, 0.3) is 0 Å². The van der Waals surface area contributed by atoms with Gasteiger partial charge in [0.05, 0.1) is 5.51 Å². The fourth-order valence-corrected chi connectivity index (χ4v) is 2.29. The van der Waals surface area contributed by atoms with E-state index in [0.29, 0.717) is 18.5 Å². The van der Waals surface area contributed by atoms with Gasteiger partial charge in [-0.3, -0.25) is 9.78 Å². The number of thiazole rings is 1. The molecular weight excluding hydrogens is 234 g/mol. The van der Waals surface area contributed by atoms with Crippen molar-refractivity contribution in [3.63, 3.8) is 0 Å². The fourth-order valence-electron chi connectivity index (χ4n) is 1.64. The van der Waals surface area contributed by atoms with Crippen LogP contribution < -0.4 is 10.6 Å². The molecule has 0 spiro atoms. The summed E-state index contributed by atoms with van der Waals surface area (Å²) in [6.07, 6.45) is 5.72. The standard InChI is InChI=1S/C12H19N3OS/c1-9(11-7-13-8-17-11)14-6-2-3-12(16)15-10-4-5-10/h7-10,14H,2-6H2,1H3,(H,15,16). The molecule has 1 fully saturated rings. The normalized spacial score (nSPS) is 16.8. The lowest BCUT2D eigenvalue weighted by molar-refractivity contribution is -0.121. The predicted octanol–water partition coefficient (Wildman–Crippen LogP) is 1.85. The molecule has 0 aliphatic heterocycles. The van der Waals surface area contributed by atoms with Crippen LogP contribution in [0, 0.1) is 0 Å². The van der Waals surface area contributed by atoms with Crippen molar-refractivity contribution >= 4 is 17.2 Å². The second-order valence-corrected chi connectivity index (χ2v) is 5.44. The Bertz CT molecular complexity index is 349. The third-order valence-electron chi connectivity index (χ3n) is 2.85. The minimum absolute atomic E-state index is 0.194. The molecule has 1 saturated carbocycles. The molecule has 1 unspecified atom stereocenters. The molecule has 1 aliphatic carbocycles. The van der Waals surface area contributed by atoms with E-state index in [9.17, 15) is 4.79 Å². The highest BCUT2D eigenvalue weighted by Crippen LogP contribution is 2.19. The predicted molar refractivity (Wildman–Crippen MR) is 68.9 cm³/mol. The largest absolute Gasteiger partial charge is 0.353 e. The van der Waals surface area contributed by atoms with Gasteiger partial charge in [-0.05, 0) is 32.7 Å². The molecule has 2 rings (SSSR count). The third kappa shape index (κ3) is 4.44. The van der Waals surface area contributed by atoms with Crippen LogP contribution in [-0.2, 0) is 4.79 Å². The lowest BCUT2D eigenvalue weighted by Gasteiger charge is -2.11. The Morgan fingerprint density at radius 3 is 3.12 bits per heavy atom. The van der Waals surface area contributed by atoms with Crippen molar-refractivity contribution in [1.82, 2.24) is 15.6 Å². The molecular formula is C12H19N3OS. The number of hydrogen-bond acceptors (Lipinski definition) is 4. The minimum atomic E-state index is 0.194. The van der Waals surface area contributed by atoms with Crippen LogP contribution in [0.4, 0.5) is 0 Å². The zero-order valence-corrected chi connectivity index (χ0v) is 10.9. The molecule has 1 amide bonds. The number of nitrogens with zero attached hydrogens (tertiary/aromatic N) is 1. The van der Waals surface area contributed by atoms with Gasteiger partial charge in [-0.2, -0.15) is 0 Å². The summed E-state index contributed by atoms with van der Waals surface area (Å²) in [5.41, 5.74) is 1.84. The Morgan fingerprint density at radius 2 is 2.47 bits per heavy atom. The number of carbonyl (C=O) groups excluding carboxylic acids is 1. The highest BCUT2D eigenvalue weighted by molar-refractivity contribution is 7.09. The zero-order valence-electron chi connectivity index (χ0n) is 10.1. The SMILES string of the molecule is CC(NCCCC(=O)NC1CC1)c1cncs1.